The number of hydrogen-bond donors (Lipinski definition) is 2. The summed E-state index contributed by atoms with van der Waals surface area (Å²) in [6.45, 7) is 3.09. The Kier molecular flexibility index (Phi) is 7.53. The number of rotatable bonds is 6. The highest BCUT2D eigenvalue weighted by Gasteiger charge is 2.24. The van der Waals surface area contributed by atoms with E-state index in [1.165, 1.54) is 23.5 Å². The van der Waals surface area contributed by atoms with E-state index in [0.717, 1.165) is 40.7 Å². The number of carbonyl (C=O) groups is 1. The van der Waals surface area contributed by atoms with Gasteiger partial charge in [0.2, 0.25) is 11.9 Å². The number of fused-ring (bicyclic) bond motifs is 1. The molecule has 4 heterocycles. The predicted octanol–water partition coefficient (Wildman–Crippen LogP) is 5.20. The summed E-state index contributed by atoms with van der Waals surface area (Å²) < 4.78 is 31.0. The van der Waals surface area contributed by atoms with E-state index in [1.807, 2.05) is 46.8 Å². The van der Waals surface area contributed by atoms with Gasteiger partial charge in [-0.2, -0.15) is 16.3 Å². The molecule has 0 atom stereocenters. The van der Waals surface area contributed by atoms with Gasteiger partial charge in [0.15, 0.2) is 5.65 Å². The quantitative estimate of drug-likeness (QED) is 0.283. The number of halogens is 2. The standard InChI is InChI=1S/C31H28F2N6O2S/c1-18-5-6-21(35-26(40)15-19-11-14-42-17-19)16-23(18)28-22-7-8-27(41)39(29-24(32)3-2-4-25(29)33)30(22)37-31(36-28)38-12-9-20(34)10-13-38/h2-8,11,14,16-17,20H,9-10,12-13,15,34H2,1H3,(H,35,40). The lowest BCUT2D eigenvalue weighted by molar-refractivity contribution is -0.115. The normalized spacial score (nSPS) is 14.0. The zero-order valence-electron chi connectivity index (χ0n) is 22.8. The second-order valence-electron chi connectivity index (χ2n) is 10.4. The Morgan fingerprint density at radius 2 is 1.83 bits per heavy atom. The largest absolute Gasteiger partial charge is 0.341 e. The summed E-state index contributed by atoms with van der Waals surface area (Å²) in [7, 11) is 0. The van der Waals surface area contributed by atoms with Crippen LogP contribution in [-0.4, -0.2) is 39.6 Å². The average Bonchev–Trinajstić information content (AvgIpc) is 3.48. The summed E-state index contributed by atoms with van der Waals surface area (Å²) in [5.74, 6) is -1.61. The third-order valence-electron chi connectivity index (χ3n) is 7.44. The maximum Gasteiger partial charge on any atom is 0.256 e. The summed E-state index contributed by atoms with van der Waals surface area (Å²) >= 11 is 1.53. The summed E-state index contributed by atoms with van der Waals surface area (Å²) in [5, 5.41) is 7.24. The molecule has 0 unspecified atom stereocenters. The number of nitrogens with one attached hydrogen (secondary N) is 1. The molecular formula is C31H28F2N6O2S. The number of pyridine rings is 1. The van der Waals surface area contributed by atoms with Crippen LogP contribution in [0.2, 0.25) is 0 Å². The molecule has 1 aliphatic heterocycles. The minimum absolute atomic E-state index is 0.0588. The first-order valence-electron chi connectivity index (χ1n) is 13.6. The van der Waals surface area contributed by atoms with Crippen molar-refractivity contribution in [2.45, 2.75) is 32.2 Å². The molecule has 0 saturated carbocycles. The van der Waals surface area contributed by atoms with Gasteiger partial charge >= 0.3 is 0 Å². The van der Waals surface area contributed by atoms with Crippen molar-refractivity contribution in [2.75, 3.05) is 23.3 Å². The molecule has 1 fully saturated rings. The molecule has 6 rings (SSSR count). The number of thiophene rings is 1. The molecule has 0 aliphatic carbocycles. The van der Waals surface area contributed by atoms with E-state index in [2.05, 4.69) is 5.32 Å². The van der Waals surface area contributed by atoms with Crippen LogP contribution >= 0.6 is 11.3 Å². The Morgan fingerprint density at radius 3 is 2.55 bits per heavy atom. The van der Waals surface area contributed by atoms with E-state index < -0.39 is 22.9 Å². The van der Waals surface area contributed by atoms with Gasteiger partial charge in [-0.3, -0.25) is 14.2 Å². The van der Waals surface area contributed by atoms with Gasteiger partial charge in [0, 0.05) is 41.8 Å². The number of amides is 1. The SMILES string of the molecule is Cc1ccc(NC(=O)Cc2ccsc2)cc1-c1nc(N2CCC(N)CC2)nc2c1ccc(=O)n2-c1c(F)cccc1F. The van der Waals surface area contributed by atoms with E-state index in [4.69, 9.17) is 15.7 Å². The third kappa shape index (κ3) is 5.40. The summed E-state index contributed by atoms with van der Waals surface area (Å²) in [4.78, 5) is 37.5. The van der Waals surface area contributed by atoms with Crippen molar-refractivity contribution in [3.8, 4) is 16.9 Å². The van der Waals surface area contributed by atoms with E-state index in [1.54, 1.807) is 6.07 Å². The number of aromatic nitrogens is 3. The van der Waals surface area contributed by atoms with Crippen molar-refractivity contribution in [1.82, 2.24) is 14.5 Å². The minimum atomic E-state index is -0.887. The van der Waals surface area contributed by atoms with Gasteiger partial charge < -0.3 is 16.0 Å². The Hall–Kier alpha value is -4.48. The second-order valence-corrected chi connectivity index (χ2v) is 11.2. The molecule has 1 amide bonds. The summed E-state index contributed by atoms with van der Waals surface area (Å²) in [6.07, 6.45) is 1.70. The van der Waals surface area contributed by atoms with Gasteiger partial charge in [-0.15, -0.1) is 0 Å². The third-order valence-corrected chi connectivity index (χ3v) is 8.18. The molecule has 3 N–H and O–H groups in total. The van der Waals surface area contributed by atoms with Crippen LogP contribution in [0.15, 0.2) is 70.2 Å². The molecule has 2 aromatic carbocycles. The van der Waals surface area contributed by atoms with Crippen LogP contribution in [0, 0.1) is 18.6 Å². The van der Waals surface area contributed by atoms with Crippen LogP contribution in [0.25, 0.3) is 28.0 Å². The molecule has 1 saturated heterocycles. The summed E-state index contributed by atoms with van der Waals surface area (Å²) in [6, 6.07) is 13.7. The number of carbonyl (C=O) groups excluding carboxylic acids is 1. The topological polar surface area (TPSA) is 106 Å². The number of nitrogens with zero attached hydrogens (tertiary/aromatic N) is 4. The summed E-state index contributed by atoms with van der Waals surface area (Å²) in [5.41, 5.74) is 8.58. The molecule has 8 nitrogen and oxygen atoms in total. The number of benzene rings is 2. The molecule has 0 bridgehead atoms. The average molecular weight is 587 g/mol. The first kappa shape index (κ1) is 27.7. The van der Waals surface area contributed by atoms with Crippen molar-refractivity contribution in [2.24, 2.45) is 5.73 Å². The molecule has 0 radical (unpaired) electrons. The fraction of sp³-hybridized carbons (Fsp3) is 0.226. The Balaban J connectivity index is 1.53. The second kappa shape index (κ2) is 11.4. The van der Waals surface area contributed by atoms with Crippen molar-refractivity contribution >= 4 is 39.9 Å². The molecule has 11 heteroatoms. The number of hydrogen-bond acceptors (Lipinski definition) is 7. The maximum atomic E-state index is 15.0. The first-order valence-corrected chi connectivity index (χ1v) is 14.5. The van der Waals surface area contributed by atoms with Crippen molar-refractivity contribution in [3.05, 3.63) is 98.5 Å². The van der Waals surface area contributed by atoms with Crippen LogP contribution in [0.1, 0.15) is 24.0 Å². The lowest BCUT2D eigenvalue weighted by atomic mass is 10.0. The van der Waals surface area contributed by atoms with E-state index >= 15 is 8.78 Å². The zero-order valence-corrected chi connectivity index (χ0v) is 23.6. The Bertz CT molecular complexity index is 1830. The predicted molar refractivity (Wildman–Crippen MR) is 161 cm³/mol. The van der Waals surface area contributed by atoms with Crippen LogP contribution in [-0.2, 0) is 11.2 Å². The van der Waals surface area contributed by atoms with E-state index in [0.29, 0.717) is 41.4 Å². The van der Waals surface area contributed by atoms with Gasteiger partial charge in [0.25, 0.3) is 5.56 Å². The lowest BCUT2D eigenvalue weighted by Crippen LogP contribution is -2.40. The van der Waals surface area contributed by atoms with Crippen LogP contribution in [0.5, 0.6) is 0 Å². The number of aryl methyl sites for hydroxylation is 1. The lowest BCUT2D eigenvalue weighted by Gasteiger charge is -2.30. The van der Waals surface area contributed by atoms with Crippen LogP contribution < -0.4 is 21.5 Å². The number of para-hydroxylation sites is 1. The molecule has 3 aromatic heterocycles. The van der Waals surface area contributed by atoms with Crippen molar-refractivity contribution < 1.29 is 13.6 Å². The van der Waals surface area contributed by atoms with Crippen molar-refractivity contribution in [3.63, 3.8) is 0 Å². The van der Waals surface area contributed by atoms with Crippen LogP contribution in [0.3, 0.4) is 0 Å². The van der Waals surface area contributed by atoms with E-state index in [9.17, 15) is 9.59 Å². The maximum absolute atomic E-state index is 15.0. The van der Waals surface area contributed by atoms with Gasteiger partial charge in [-0.05, 0) is 78.1 Å². The fourth-order valence-electron chi connectivity index (χ4n) is 5.21. The smallest absolute Gasteiger partial charge is 0.256 e. The molecule has 214 valence electrons. The zero-order chi connectivity index (χ0) is 29.4. The molecular weight excluding hydrogens is 558 g/mol. The van der Waals surface area contributed by atoms with Gasteiger partial charge in [0.1, 0.15) is 17.3 Å². The number of piperidine rings is 1. The first-order chi connectivity index (χ1) is 20.3. The minimum Gasteiger partial charge on any atom is -0.341 e. The highest BCUT2D eigenvalue weighted by molar-refractivity contribution is 7.08. The molecule has 0 spiro atoms. The van der Waals surface area contributed by atoms with Crippen molar-refractivity contribution in [1.29, 1.82) is 0 Å². The highest BCUT2D eigenvalue weighted by Crippen LogP contribution is 2.33. The Morgan fingerprint density at radius 1 is 1.07 bits per heavy atom. The fourth-order valence-corrected chi connectivity index (χ4v) is 5.88. The monoisotopic (exact) mass is 586 g/mol. The molecule has 1 aliphatic rings. The molecule has 5 aromatic rings. The van der Waals surface area contributed by atoms with Gasteiger partial charge in [0.05, 0.1) is 12.1 Å². The molecule has 42 heavy (non-hydrogen) atoms. The van der Waals surface area contributed by atoms with Gasteiger partial charge in [-0.25, -0.2) is 13.8 Å². The Labute approximate surface area is 244 Å². The van der Waals surface area contributed by atoms with Gasteiger partial charge in [-0.1, -0.05) is 12.1 Å². The highest BCUT2D eigenvalue weighted by atomic mass is 32.1. The van der Waals surface area contributed by atoms with E-state index in [-0.39, 0.29) is 24.0 Å². The number of anilines is 2. The van der Waals surface area contributed by atoms with Crippen LogP contribution in [0.4, 0.5) is 20.4 Å². The number of nitrogens with two attached hydrogens (primary N) is 1.